The van der Waals surface area contributed by atoms with Gasteiger partial charge in [-0.25, -0.2) is 0 Å². The van der Waals surface area contributed by atoms with Crippen LogP contribution in [0.3, 0.4) is 0 Å². The van der Waals surface area contributed by atoms with E-state index in [1.807, 2.05) is 36.1 Å². The Bertz CT molecular complexity index is 425. The van der Waals surface area contributed by atoms with Gasteiger partial charge in [-0.2, -0.15) is 0 Å². The molecule has 2 rings (SSSR count). The predicted octanol–water partition coefficient (Wildman–Crippen LogP) is 1.65. The number of hydrogen-bond acceptors (Lipinski definition) is 3. The molecule has 4 nitrogen and oxygen atoms in total. The number of carbonyl (C=O) groups excluding carboxylic acids is 1. The second kappa shape index (κ2) is 6.20. The van der Waals surface area contributed by atoms with Crippen molar-refractivity contribution in [1.29, 1.82) is 0 Å². The van der Waals surface area contributed by atoms with E-state index >= 15 is 0 Å². The third-order valence-corrected chi connectivity index (χ3v) is 3.47. The van der Waals surface area contributed by atoms with E-state index in [1.165, 1.54) is 0 Å². The lowest BCUT2D eigenvalue weighted by Crippen LogP contribution is -2.53. The molecule has 0 spiro atoms. The van der Waals surface area contributed by atoms with Gasteiger partial charge >= 0.3 is 0 Å². The smallest absolute Gasteiger partial charge is 0.260 e. The van der Waals surface area contributed by atoms with Crippen LogP contribution in [0.1, 0.15) is 6.92 Å². The Kier molecular flexibility index (Phi) is 4.60. The summed E-state index contributed by atoms with van der Waals surface area (Å²) >= 11 is 3.37. The van der Waals surface area contributed by atoms with Crippen molar-refractivity contribution in [2.45, 2.75) is 13.0 Å². The molecule has 1 aromatic rings. The molecule has 5 heteroatoms. The summed E-state index contributed by atoms with van der Waals surface area (Å²) in [4.78, 5) is 13.9. The average Bonchev–Trinajstić information content (AvgIpc) is 2.37. The molecule has 0 saturated carbocycles. The lowest BCUT2D eigenvalue weighted by Gasteiger charge is -2.33. The van der Waals surface area contributed by atoms with Gasteiger partial charge in [-0.3, -0.25) is 4.79 Å². The quantitative estimate of drug-likeness (QED) is 0.922. The van der Waals surface area contributed by atoms with Crippen molar-refractivity contribution in [2.24, 2.45) is 0 Å². The Hall–Kier alpha value is -1.07. The zero-order valence-electron chi connectivity index (χ0n) is 10.4. The first-order valence-electron chi connectivity index (χ1n) is 6.05. The van der Waals surface area contributed by atoms with Gasteiger partial charge in [0.05, 0.1) is 0 Å². The fourth-order valence-electron chi connectivity index (χ4n) is 2.00. The van der Waals surface area contributed by atoms with E-state index in [1.54, 1.807) is 0 Å². The molecule has 18 heavy (non-hydrogen) atoms. The van der Waals surface area contributed by atoms with E-state index in [2.05, 4.69) is 21.2 Å². The highest BCUT2D eigenvalue weighted by atomic mass is 79.9. The van der Waals surface area contributed by atoms with Crippen LogP contribution in [0.2, 0.25) is 0 Å². The number of ether oxygens (including phenoxy) is 1. The molecule has 1 atom stereocenters. The van der Waals surface area contributed by atoms with Crippen LogP contribution < -0.4 is 10.1 Å². The minimum absolute atomic E-state index is 0.0453. The molecule has 1 amide bonds. The van der Waals surface area contributed by atoms with Crippen molar-refractivity contribution in [3.63, 3.8) is 0 Å². The second-order valence-corrected chi connectivity index (χ2v) is 5.30. The number of benzene rings is 1. The molecule has 1 saturated heterocycles. The molecule has 1 aromatic carbocycles. The molecule has 1 heterocycles. The molecule has 0 radical (unpaired) electrons. The highest BCUT2D eigenvalue weighted by Gasteiger charge is 2.22. The number of piperazine rings is 1. The largest absolute Gasteiger partial charge is 0.484 e. The molecule has 1 aliphatic heterocycles. The Morgan fingerprint density at radius 3 is 3.17 bits per heavy atom. The van der Waals surface area contributed by atoms with Gasteiger partial charge in [0.25, 0.3) is 5.91 Å². The van der Waals surface area contributed by atoms with E-state index in [0.717, 1.165) is 24.1 Å². The highest BCUT2D eigenvalue weighted by molar-refractivity contribution is 9.10. The van der Waals surface area contributed by atoms with Gasteiger partial charge in [0.1, 0.15) is 5.75 Å². The molecule has 0 aliphatic carbocycles. The van der Waals surface area contributed by atoms with E-state index in [9.17, 15) is 4.79 Å². The summed E-state index contributed by atoms with van der Waals surface area (Å²) in [6, 6.07) is 7.75. The van der Waals surface area contributed by atoms with Gasteiger partial charge in [-0.05, 0) is 25.1 Å². The molecule has 1 fully saturated rings. The number of nitrogens with one attached hydrogen (secondary N) is 1. The van der Waals surface area contributed by atoms with Crippen LogP contribution in [-0.2, 0) is 4.79 Å². The molecule has 0 unspecified atom stereocenters. The summed E-state index contributed by atoms with van der Waals surface area (Å²) < 4.78 is 6.46. The van der Waals surface area contributed by atoms with E-state index in [4.69, 9.17) is 4.74 Å². The zero-order valence-corrected chi connectivity index (χ0v) is 11.9. The Labute approximate surface area is 115 Å². The Morgan fingerprint density at radius 2 is 2.44 bits per heavy atom. The van der Waals surface area contributed by atoms with Gasteiger partial charge in [0.15, 0.2) is 6.61 Å². The lowest BCUT2D eigenvalue weighted by molar-refractivity contribution is -0.136. The summed E-state index contributed by atoms with van der Waals surface area (Å²) in [5, 5.41) is 3.26. The van der Waals surface area contributed by atoms with Gasteiger partial charge in [-0.15, -0.1) is 0 Å². The zero-order chi connectivity index (χ0) is 13.0. The van der Waals surface area contributed by atoms with Crippen LogP contribution in [0, 0.1) is 0 Å². The van der Waals surface area contributed by atoms with Gasteiger partial charge in [0, 0.05) is 30.1 Å². The van der Waals surface area contributed by atoms with Crippen molar-refractivity contribution in [3.8, 4) is 5.75 Å². The maximum atomic E-state index is 12.0. The predicted molar refractivity (Wildman–Crippen MR) is 73.7 cm³/mol. The van der Waals surface area contributed by atoms with E-state index in [0.29, 0.717) is 5.75 Å². The fourth-order valence-corrected chi connectivity index (χ4v) is 2.37. The highest BCUT2D eigenvalue weighted by Crippen LogP contribution is 2.17. The summed E-state index contributed by atoms with van der Waals surface area (Å²) in [6.07, 6.45) is 0. The van der Waals surface area contributed by atoms with Gasteiger partial charge in [0.2, 0.25) is 0 Å². The summed E-state index contributed by atoms with van der Waals surface area (Å²) in [5.74, 6) is 0.754. The number of hydrogen-bond donors (Lipinski definition) is 1. The molecule has 98 valence electrons. The number of amides is 1. The Morgan fingerprint density at radius 1 is 1.61 bits per heavy atom. The number of nitrogens with zero attached hydrogens (tertiary/aromatic N) is 1. The lowest BCUT2D eigenvalue weighted by atomic mass is 10.2. The van der Waals surface area contributed by atoms with Crippen molar-refractivity contribution < 1.29 is 9.53 Å². The topological polar surface area (TPSA) is 41.6 Å². The standard InChI is InChI=1S/C13H17BrN2O2/c1-10-8-15-5-6-16(10)13(17)9-18-12-4-2-3-11(14)7-12/h2-4,7,10,15H,5-6,8-9H2,1H3/t10-/m1/s1. The van der Waals surface area contributed by atoms with Crippen LogP contribution in [0.5, 0.6) is 5.75 Å². The van der Waals surface area contributed by atoms with Gasteiger partial charge in [-0.1, -0.05) is 22.0 Å². The first kappa shape index (κ1) is 13.4. The fraction of sp³-hybridized carbons (Fsp3) is 0.462. The number of halogens is 1. The second-order valence-electron chi connectivity index (χ2n) is 4.39. The maximum absolute atomic E-state index is 12.0. The van der Waals surface area contributed by atoms with Crippen LogP contribution in [0.4, 0.5) is 0 Å². The minimum atomic E-state index is 0.0453. The van der Waals surface area contributed by atoms with Crippen molar-refractivity contribution in [1.82, 2.24) is 10.2 Å². The first-order chi connectivity index (χ1) is 8.66. The van der Waals surface area contributed by atoms with Crippen molar-refractivity contribution >= 4 is 21.8 Å². The normalized spacial score (nSPS) is 19.7. The van der Waals surface area contributed by atoms with Crippen LogP contribution in [0.15, 0.2) is 28.7 Å². The van der Waals surface area contributed by atoms with Crippen LogP contribution in [0.25, 0.3) is 0 Å². The molecular formula is C13H17BrN2O2. The van der Waals surface area contributed by atoms with Crippen LogP contribution >= 0.6 is 15.9 Å². The summed E-state index contributed by atoms with van der Waals surface area (Å²) in [7, 11) is 0. The molecule has 1 N–H and O–H groups in total. The van der Waals surface area contributed by atoms with Crippen molar-refractivity contribution in [2.75, 3.05) is 26.2 Å². The van der Waals surface area contributed by atoms with Gasteiger partial charge < -0.3 is 15.0 Å². The monoisotopic (exact) mass is 312 g/mol. The first-order valence-corrected chi connectivity index (χ1v) is 6.84. The number of rotatable bonds is 3. The average molecular weight is 313 g/mol. The molecule has 1 aliphatic rings. The van der Waals surface area contributed by atoms with E-state index in [-0.39, 0.29) is 18.6 Å². The molecule has 0 aromatic heterocycles. The Balaban J connectivity index is 1.88. The number of carbonyl (C=O) groups is 1. The van der Waals surface area contributed by atoms with E-state index < -0.39 is 0 Å². The molecular weight excluding hydrogens is 296 g/mol. The van der Waals surface area contributed by atoms with Crippen LogP contribution in [-0.4, -0.2) is 43.1 Å². The molecule has 0 bridgehead atoms. The third-order valence-electron chi connectivity index (χ3n) is 2.98. The summed E-state index contributed by atoms with van der Waals surface area (Å²) in [6.45, 7) is 4.60. The maximum Gasteiger partial charge on any atom is 0.260 e. The SMILES string of the molecule is C[C@@H]1CNCCN1C(=O)COc1cccc(Br)c1. The third kappa shape index (κ3) is 3.46. The minimum Gasteiger partial charge on any atom is -0.484 e. The van der Waals surface area contributed by atoms with Crippen molar-refractivity contribution in [3.05, 3.63) is 28.7 Å². The summed E-state index contributed by atoms with van der Waals surface area (Å²) in [5.41, 5.74) is 0.